The lowest BCUT2D eigenvalue weighted by molar-refractivity contribution is -0.187. The van der Waals surface area contributed by atoms with Crippen molar-refractivity contribution in [3.8, 4) is 0 Å². The van der Waals surface area contributed by atoms with Gasteiger partial charge in [0, 0.05) is 7.05 Å². The van der Waals surface area contributed by atoms with E-state index in [9.17, 15) is 30.3 Å². The van der Waals surface area contributed by atoms with Crippen molar-refractivity contribution in [3.63, 3.8) is 0 Å². The molecule has 0 aliphatic carbocycles. The van der Waals surface area contributed by atoms with E-state index >= 15 is 0 Å². The molecule has 15 heteroatoms. The van der Waals surface area contributed by atoms with E-state index in [1.54, 1.807) is 0 Å². The van der Waals surface area contributed by atoms with Crippen LogP contribution in [0.5, 0.6) is 0 Å². The molecule has 1 aliphatic heterocycles. The third-order valence-corrected chi connectivity index (χ3v) is 3.65. The van der Waals surface area contributed by atoms with Crippen molar-refractivity contribution in [1.29, 1.82) is 5.41 Å². The van der Waals surface area contributed by atoms with Crippen molar-refractivity contribution in [2.75, 3.05) is 26.8 Å². The van der Waals surface area contributed by atoms with Crippen molar-refractivity contribution in [1.82, 2.24) is 9.80 Å². The predicted molar refractivity (Wildman–Crippen MR) is 85.3 cm³/mol. The molecule has 0 aromatic rings. The Morgan fingerprint density at radius 3 is 1.69 bits per heavy atom. The van der Waals surface area contributed by atoms with Gasteiger partial charge in [-0.05, 0) is 0 Å². The zero-order valence-corrected chi connectivity index (χ0v) is 14.6. The lowest BCUT2D eigenvalue weighted by atomic mass is 9.88. The lowest BCUT2D eigenvalue weighted by Gasteiger charge is -2.48. The summed E-state index contributed by atoms with van der Waals surface area (Å²) < 4.78 is 31.6. The van der Waals surface area contributed by atoms with Crippen LogP contribution in [0.2, 0.25) is 0 Å². The maximum Gasteiger partial charge on any atom is 0.394 e. The Morgan fingerprint density at radius 2 is 1.42 bits per heavy atom. The molecule has 1 saturated heterocycles. The van der Waals surface area contributed by atoms with E-state index in [-0.39, 0.29) is 12.5 Å². The minimum atomic E-state index is -4.67. The number of carbonyl (C=O) groups excluding carboxylic acids is 1. The van der Waals surface area contributed by atoms with Gasteiger partial charge in [0.1, 0.15) is 18.3 Å². The fourth-order valence-corrected chi connectivity index (χ4v) is 2.36. The van der Waals surface area contributed by atoms with Crippen LogP contribution in [0.3, 0.4) is 0 Å². The van der Waals surface area contributed by atoms with Gasteiger partial charge >= 0.3 is 10.4 Å². The quantitative estimate of drug-likeness (QED) is 0.121. The summed E-state index contributed by atoms with van der Waals surface area (Å²) in [5.41, 5.74) is 5.23. The van der Waals surface area contributed by atoms with Gasteiger partial charge in [0.25, 0.3) is 0 Å². The molecular weight excluding hydrogens is 380 g/mol. The standard InChI is InChI=1S/C11H22N4O6.H2O4S/c1-14(11(12)13)2-7(18)15-5(3-16)8(19)10(21)9(20)6(15)4-17;1-5(2,3)4/h5-6,8-10,16-17,19-21H,2-4H2,1H3,(H3,12,13);(H2,1,2,3,4)/t5-,6-,8-,9-;/m1./s1. The fraction of sp³-hybridized carbons (Fsp3) is 0.818. The summed E-state index contributed by atoms with van der Waals surface area (Å²) in [6.45, 7) is -1.65. The Balaban J connectivity index is 0.00000110. The van der Waals surface area contributed by atoms with E-state index in [0.29, 0.717) is 0 Å². The number of hydrogen-bond donors (Lipinski definition) is 9. The van der Waals surface area contributed by atoms with Crippen molar-refractivity contribution in [2.24, 2.45) is 5.73 Å². The van der Waals surface area contributed by atoms with E-state index in [0.717, 1.165) is 9.80 Å². The number of nitrogens with two attached hydrogens (primary N) is 1. The number of aliphatic hydroxyl groups is 5. The summed E-state index contributed by atoms with van der Waals surface area (Å²) in [5.74, 6) is -1.02. The Kier molecular flexibility index (Phi) is 9.32. The second kappa shape index (κ2) is 9.93. The van der Waals surface area contributed by atoms with Crippen molar-refractivity contribution in [2.45, 2.75) is 30.4 Å². The van der Waals surface area contributed by atoms with E-state index in [4.69, 9.17) is 28.7 Å². The number of rotatable bonds is 4. The highest BCUT2D eigenvalue weighted by Crippen LogP contribution is 2.24. The molecule has 0 bridgehead atoms. The number of nitrogens with one attached hydrogen (secondary N) is 1. The van der Waals surface area contributed by atoms with Gasteiger partial charge in [-0.3, -0.25) is 19.3 Å². The summed E-state index contributed by atoms with van der Waals surface area (Å²) in [4.78, 5) is 14.3. The summed E-state index contributed by atoms with van der Waals surface area (Å²) >= 11 is 0. The second-order valence-electron chi connectivity index (χ2n) is 5.46. The Labute approximate surface area is 149 Å². The molecule has 4 atom stereocenters. The molecule has 14 nitrogen and oxygen atoms in total. The van der Waals surface area contributed by atoms with E-state index < -0.39 is 59.9 Å². The van der Waals surface area contributed by atoms with Crippen molar-refractivity contribution >= 4 is 22.3 Å². The van der Waals surface area contributed by atoms with Gasteiger partial charge in [0.05, 0.1) is 31.8 Å². The number of likely N-dealkylation sites (tertiary alicyclic amines) is 1. The van der Waals surface area contributed by atoms with E-state index in [1.165, 1.54) is 7.05 Å². The third kappa shape index (κ3) is 6.96. The molecule has 154 valence electrons. The highest BCUT2D eigenvalue weighted by molar-refractivity contribution is 7.79. The number of piperidine rings is 1. The first-order chi connectivity index (χ1) is 11.8. The van der Waals surface area contributed by atoms with Crippen LogP contribution >= 0.6 is 0 Å². The number of hydrogen-bond acceptors (Lipinski definition) is 9. The first-order valence-electron chi connectivity index (χ1n) is 7.08. The van der Waals surface area contributed by atoms with Gasteiger partial charge in [0.2, 0.25) is 5.91 Å². The lowest BCUT2D eigenvalue weighted by Crippen LogP contribution is -2.70. The molecule has 0 aromatic carbocycles. The monoisotopic (exact) mass is 404 g/mol. The van der Waals surface area contributed by atoms with Crippen LogP contribution in [0, 0.1) is 5.41 Å². The molecule has 1 aliphatic rings. The first kappa shape index (κ1) is 24.4. The van der Waals surface area contributed by atoms with Gasteiger partial charge in [-0.25, -0.2) is 0 Å². The number of aliphatic hydroxyl groups excluding tert-OH is 5. The molecular formula is C11H24N4O10S. The minimum Gasteiger partial charge on any atom is -0.394 e. The minimum absolute atomic E-state index is 0.335. The Morgan fingerprint density at radius 1 is 1.08 bits per heavy atom. The maximum atomic E-state index is 12.3. The topological polar surface area (TPSA) is 249 Å². The third-order valence-electron chi connectivity index (χ3n) is 3.65. The smallest absolute Gasteiger partial charge is 0.394 e. The second-order valence-corrected chi connectivity index (χ2v) is 6.36. The average Bonchev–Trinajstić information content (AvgIpc) is 2.50. The fourth-order valence-electron chi connectivity index (χ4n) is 2.36. The number of nitrogens with zero attached hydrogens (tertiary/aromatic N) is 2. The van der Waals surface area contributed by atoms with Crippen molar-refractivity contribution < 1.29 is 47.9 Å². The maximum absolute atomic E-state index is 12.3. The molecule has 10 N–H and O–H groups in total. The molecule has 1 amide bonds. The molecule has 0 radical (unpaired) electrons. The number of carbonyl (C=O) groups is 1. The molecule has 0 aromatic heterocycles. The van der Waals surface area contributed by atoms with Crippen molar-refractivity contribution in [3.05, 3.63) is 0 Å². The summed E-state index contributed by atoms with van der Waals surface area (Å²) in [7, 11) is -3.27. The molecule has 1 fully saturated rings. The predicted octanol–water partition coefficient (Wildman–Crippen LogP) is -5.19. The number of guanidine groups is 1. The van der Waals surface area contributed by atoms with Gasteiger partial charge in [0.15, 0.2) is 5.96 Å². The molecule has 0 spiro atoms. The van der Waals surface area contributed by atoms with Gasteiger partial charge in [-0.15, -0.1) is 0 Å². The van der Waals surface area contributed by atoms with Crippen LogP contribution in [-0.4, -0.2) is 122 Å². The summed E-state index contributed by atoms with van der Waals surface area (Å²) in [5, 5.41) is 55.3. The van der Waals surface area contributed by atoms with Gasteiger partial charge in [-0.1, -0.05) is 0 Å². The summed E-state index contributed by atoms with van der Waals surface area (Å²) in [6.07, 6.45) is -4.70. The summed E-state index contributed by atoms with van der Waals surface area (Å²) in [6, 6.07) is -2.35. The molecule has 1 heterocycles. The number of amides is 1. The SMILES string of the molecule is CN(CC(=O)N1[C@H](CO)[C@@H](O)C(O)[C@H](O)[C@H]1CO)C(=N)N.O=S(=O)(O)O. The average molecular weight is 404 g/mol. The van der Waals surface area contributed by atoms with Crippen LogP contribution in [0.1, 0.15) is 0 Å². The van der Waals surface area contributed by atoms with E-state index in [1.807, 2.05) is 0 Å². The van der Waals surface area contributed by atoms with Crippen LogP contribution in [-0.2, 0) is 15.2 Å². The molecule has 0 saturated carbocycles. The first-order valence-corrected chi connectivity index (χ1v) is 8.48. The van der Waals surface area contributed by atoms with Gasteiger partial charge in [-0.2, -0.15) is 8.42 Å². The van der Waals surface area contributed by atoms with Crippen LogP contribution in [0.4, 0.5) is 0 Å². The van der Waals surface area contributed by atoms with Crippen LogP contribution in [0.25, 0.3) is 0 Å². The number of likely N-dealkylation sites (N-methyl/N-ethyl adjacent to an activating group) is 1. The molecule has 26 heavy (non-hydrogen) atoms. The highest BCUT2D eigenvalue weighted by Gasteiger charge is 2.49. The van der Waals surface area contributed by atoms with E-state index in [2.05, 4.69) is 0 Å². The van der Waals surface area contributed by atoms with Gasteiger partial charge < -0.3 is 41.1 Å². The zero-order valence-electron chi connectivity index (χ0n) is 13.7. The Bertz CT molecular complexity index is 562. The highest BCUT2D eigenvalue weighted by atomic mass is 32.3. The molecule has 0 unspecified atom stereocenters. The van der Waals surface area contributed by atoms with Crippen LogP contribution < -0.4 is 5.73 Å². The normalized spacial score (nSPS) is 28.8. The largest absolute Gasteiger partial charge is 0.394 e. The zero-order chi connectivity index (χ0) is 20.8. The molecule has 1 rings (SSSR count). The Hall–Kier alpha value is -1.59. The van der Waals surface area contributed by atoms with Crippen LogP contribution in [0.15, 0.2) is 0 Å².